The van der Waals surface area contributed by atoms with Crippen molar-refractivity contribution >= 4 is 11.5 Å². The molecule has 0 saturated carbocycles. The first-order valence-corrected chi connectivity index (χ1v) is 5.72. The number of hydrogen-bond acceptors (Lipinski definition) is 2. The molecule has 0 spiro atoms. The van der Waals surface area contributed by atoms with Gasteiger partial charge in [-0.25, -0.2) is 0 Å². The van der Waals surface area contributed by atoms with Gasteiger partial charge in [-0.3, -0.25) is 4.79 Å². The van der Waals surface area contributed by atoms with E-state index in [-0.39, 0.29) is 5.78 Å². The average Bonchev–Trinajstić information content (AvgIpc) is 2.41. The highest BCUT2D eigenvalue weighted by Crippen LogP contribution is 2.12. The van der Waals surface area contributed by atoms with Crippen LogP contribution < -0.4 is 5.73 Å². The number of hydrogen-bond donors (Lipinski definition) is 1. The van der Waals surface area contributed by atoms with Crippen molar-refractivity contribution in [1.82, 2.24) is 0 Å². The molecular formula is C15H17NO. The number of nitrogen functional groups attached to an aromatic ring is 1. The van der Waals surface area contributed by atoms with Gasteiger partial charge < -0.3 is 5.73 Å². The zero-order chi connectivity index (χ0) is 12.7. The minimum atomic E-state index is 0.00269. The second-order valence-corrected chi connectivity index (χ2v) is 3.32. The van der Waals surface area contributed by atoms with Crippen LogP contribution in [0.4, 0.5) is 5.69 Å². The predicted octanol–water partition coefficient (Wildman–Crippen LogP) is 3.53. The molecule has 0 aliphatic rings. The fourth-order valence-corrected chi connectivity index (χ4v) is 1.44. The molecule has 0 unspecified atom stereocenters. The van der Waals surface area contributed by atoms with Gasteiger partial charge in [0, 0.05) is 16.8 Å². The minimum Gasteiger partial charge on any atom is -0.399 e. The second kappa shape index (κ2) is 6.48. The average molecular weight is 227 g/mol. The van der Waals surface area contributed by atoms with Crippen LogP contribution in [0.3, 0.4) is 0 Å². The Balaban J connectivity index is 0.000000686. The van der Waals surface area contributed by atoms with E-state index in [2.05, 4.69) is 0 Å². The summed E-state index contributed by atoms with van der Waals surface area (Å²) >= 11 is 0. The number of ketones is 1. The Morgan fingerprint density at radius 2 is 1.47 bits per heavy atom. The summed E-state index contributed by atoms with van der Waals surface area (Å²) in [6, 6.07) is 16.2. The molecule has 2 nitrogen and oxygen atoms in total. The highest BCUT2D eigenvalue weighted by Gasteiger charge is 2.07. The normalized spacial score (nSPS) is 9.06. The Bertz CT molecular complexity index is 477. The summed E-state index contributed by atoms with van der Waals surface area (Å²) in [6.45, 7) is 4.00. The summed E-state index contributed by atoms with van der Waals surface area (Å²) in [6.07, 6.45) is 0. The molecule has 0 bridgehead atoms. The van der Waals surface area contributed by atoms with Gasteiger partial charge in [0.1, 0.15) is 0 Å². The van der Waals surface area contributed by atoms with Gasteiger partial charge in [0.15, 0.2) is 5.78 Å². The third-order valence-corrected chi connectivity index (χ3v) is 2.18. The molecule has 0 atom stereocenters. The lowest BCUT2D eigenvalue weighted by Crippen LogP contribution is -2.01. The molecule has 2 N–H and O–H groups in total. The molecule has 0 fully saturated rings. The molecule has 2 rings (SSSR count). The van der Waals surface area contributed by atoms with E-state index in [1.807, 2.05) is 32.0 Å². The van der Waals surface area contributed by atoms with E-state index in [0.717, 1.165) is 0 Å². The molecule has 0 aliphatic carbocycles. The molecule has 0 amide bonds. The van der Waals surface area contributed by atoms with Crippen LogP contribution in [0.2, 0.25) is 0 Å². The van der Waals surface area contributed by atoms with Crippen LogP contribution in [-0.2, 0) is 0 Å². The van der Waals surface area contributed by atoms with E-state index in [0.29, 0.717) is 16.8 Å². The smallest absolute Gasteiger partial charge is 0.193 e. The van der Waals surface area contributed by atoms with Crippen molar-refractivity contribution in [3.05, 3.63) is 65.7 Å². The van der Waals surface area contributed by atoms with Crippen molar-refractivity contribution in [2.45, 2.75) is 13.8 Å². The fourth-order valence-electron chi connectivity index (χ4n) is 1.44. The summed E-state index contributed by atoms with van der Waals surface area (Å²) in [5.41, 5.74) is 7.54. The number of carbonyl (C=O) groups excluding carboxylic acids is 1. The van der Waals surface area contributed by atoms with Crippen molar-refractivity contribution in [1.29, 1.82) is 0 Å². The van der Waals surface area contributed by atoms with Gasteiger partial charge in [0.2, 0.25) is 0 Å². The maximum atomic E-state index is 11.9. The first-order valence-electron chi connectivity index (χ1n) is 5.72. The quantitative estimate of drug-likeness (QED) is 0.630. The lowest BCUT2D eigenvalue weighted by atomic mass is 10.0. The van der Waals surface area contributed by atoms with Crippen LogP contribution in [0.1, 0.15) is 29.8 Å². The Morgan fingerprint density at radius 1 is 0.882 bits per heavy atom. The van der Waals surface area contributed by atoms with Crippen LogP contribution >= 0.6 is 0 Å². The zero-order valence-electron chi connectivity index (χ0n) is 10.2. The van der Waals surface area contributed by atoms with Crippen LogP contribution in [0.15, 0.2) is 54.6 Å². The molecule has 0 heterocycles. The number of rotatable bonds is 2. The number of carbonyl (C=O) groups is 1. The fraction of sp³-hybridized carbons (Fsp3) is 0.133. The first-order chi connectivity index (χ1) is 8.27. The molecule has 2 aromatic rings. The Labute approximate surface area is 102 Å². The standard InChI is InChI=1S/C13H11NO.C2H6/c14-12-8-4-7-11(9-12)13(15)10-5-2-1-3-6-10;1-2/h1-9H,14H2;1-2H3. The van der Waals surface area contributed by atoms with Gasteiger partial charge in [-0.1, -0.05) is 56.3 Å². The van der Waals surface area contributed by atoms with E-state index in [4.69, 9.17) is 5.73 Å². The Hall–Kier alpha value is -2.09. The highest BCUT2D eigenvalue weighted by atomic mass is 16.1. The summed E-state index contributed by atoms with van der Waals surface area (Å²) < 4.78 is 0. The van der Waals surface area contributed by atoms with Crippen molar-refractivity contribution in [2.24, 2.45) is 0 Å². The molecule has 88 valence electrons. The summed E-state index contributed by atoms with van der Waals surface area (Å²) in [7, 11) is 0. The predicted molar refractivity (Wildman–Crippen MR) is 72.1 cm³/mol. The van der Waals surface area contributed by atoms with E-state index in [1.54, 1.807) is 36.4 Å². The molecule has 0 radical (unpaired) electrons. The van der Waals surface area contributed by atoms with Crippen molar-refractivity contribution in [3.8, 4) is 0 Å². The Morgan fingerprint density at radius 3 is 2.06 bits per heavy atom. The third-order valence-electron chi connectivity index (χ3n) is 2.18. The van der Waals surface area contributed by atoms with Crippen molar-refractivity contribution < 1.29 is 4.79 Å². The number of nitrogens with two attached hydrogens (primary N) is 1. The van der Waals surface area contributed by atoms with Gasteiger partial charge in [-0.2, -0.15) is 0 Å². The zero-order valence-corrected chi connectivity index (χ0v) is 10.2. The maximum absolute atomic E-state index is 11.9. The number of anilines is 1. The summed E-state index contributed by atoms with van der Waals surface area (Å²) in [5, 5.41) is 0. The van der Waals surface area contributed by atoms with Crippen molar-refractivity contribution in [2.75, 3.05) is 5.73 Å². The Kier molecular flexibility index (Phi) is 4.95. The molecule has 2 aromatic carbocycles. The number of benzene rings is 2. The second-order valence-electron chi connectivity index (χ2n) is 3.32. The van der Waals surface area contributed by atoms with E-state index >= 15 is 0 Å². The maximum Gasteiger partial charge on any atom is 0.193 e. The largest absolute Gasteiger partial charge is 0.399 e. The van der Waals surface area contributed by atoms with Gasteiger partial charge >= 0.3 is 0 Å². The van der Waals surface area contributed by atoms with E-state index < -0.39 is 0 Å². The van der Waals surface area contributed by atoms with Gasteiger partial charge in [0.05, 0.1) is 0 Å². The molecule has 0 aliphatic heterocycles. The topological polar surface area (TPSA) is 43.1 Å². The lowest BCUT2D eigenvalue weighted by molar-refractivity contribution is 0.103. The van der Waals surface area contributed by atoms with E-state index in [9.17, 15) is 4.79 Å². The van der Waals surface area contributed by atoms with Crippen LogP contribution in [0, 0.1) is 0 Å². The first kappa shape index (κ1) is 13.0. The van der Waals surface area contributed by atoms with Gasteiger partial charge in [-0.15, -0.1) is 0 Å². The molecule has 0 saturated heterocycles. The third kappa shape index (κ3) is 3.45. The van der Waals surface area contributed by atoms with E-state index in [1.165, 1.54) is 0 Å². The monoisotopic (exact) mass is 227 g/mol. The van der Waals surface area contributed by atoms with Gasteiger partial charge in [0.25, 0.3) is 0 Å². The molecule has 0 aromatic heterocycles. The minimum absolute atomic E-state index is 0.00269. The molecule has 17 heavy (non-hydrogen) atoms. The van der Waals surface area contributed by atoms with Gasteiger partial charge in [-0.05, 0) is 12.1 Å². The highest BCUT2D eigenvalue weighted by molar-refractivity contribution is 6.09. The lowest BCUT2D eigenvalue weighted by Gasteiger charge is -2.01. The molecule has 2 heteroatoms. The van der Waals surface area contributed by atoms with Crippen LogP contribution in [0.25, 0.3) is 0 Å². The van der Waals surface area contributed by atoms with Crippen LogP contribution in [-0.4, -0.2) is 5.78 Å². The molecular weight excluding hydrogens is 210 g/mol. The van der Waals surface area contributed by atoms with Crippen LogP contribution in [0.5, 0.6) is 0 Å². The van der Waals surface area contributed by atoms with Crippen molar-refractivity contribution in [3.63, 3.8) is 0 Å². The summed E-state index contributed by atoms with van der Waals surface area (Å²) in [4.78, 5) is 11.9. The SMILES string of the molecule is CC.Nc1cccc(C(=O)c2ccccc2)c1. The summed E-state index contributed by atoms with van der Waals surface area (Å²) in [5.74, 6) is 0.00269.